The molecule has 4 nitrogen and oxygen atoms in total. The smallest absolute Gasteiger partial charge is 0.326 e. The van der Waals surface area contributed by atoms with Crippen LogP contribution in [0.25, 0.3) is 0 Å². The zero-order chi connectivity index (χ0) is 19.9. The van der Waals surface area contributed by atoms with Gasteiger partial charge in [0.1, 0.15) is 0 Å². The van der Waals surface area contributed by atoms with Gasteiger partial charge in [-0.2, -0.15) is 24.9 Å². The van der Waals surface area contributed by atoms with E-state index in [1.165, 1.54) is 24.3 Å². The average molecular weight is 396 g/mol. The summed E-state index contributed by atoms with van der Waals surface area (Å²) in [5.74, 6) is 0.912. The highest BCUT2D eigenvalue weighted by molar-refractivity contribution is 7.99. The number of thioether (sulfide) groups is 1. The summed E-state index contributed by atoms with van der Waals surface area (Å²) in [7, 11) is 0. The van der Waals surface area contributed by atoms with E-state index in [0.717, 1.165) is 17.9 Å². The van der Waals surface area contributed by atoms with E-state index < -0.39 is 17.6 Å². The maximum atomic E-state index is 12.8. The van der Waals surface area contributed by atoms with E-state index in [4.69, 9.17) is 0 Å². The van der Waals surface area contributed by atoms with Crippen LogP contribution >= 0.6 is 11.8 Å². The van der Waals surface area contributed by atoms with E-state index in [1.54, 1.807) is 23.9 Å². The third kappa shape index (κ3) is 6.63. The third-order valence-electron chi connectivity index (χ3n) is 3.53. The largest absolute Gasteiger partial charge is 0.416 e. The summed E-state index contributed by atoms with van der Waals surface area (Å²) in [4.78, 5) is 24.2. The van der Waals surface area contributed by atoms with Gasteiger partial charge in [-0.1, -0.05) is 19.1 Å². The third-order valence-corrected chi connectivity index (χ3v) is 4.43. The SMILES string of the molecule is CCSCCC(=O)Nc1cccc(C(=O)Nc2cccc(C(F)(F)F)c2)c1. The van der Waals surface area contributed by atoms with Gasteiger partial charge in [0.2, 0.25) is 5.91 Å². The number of alkyl halides is 3. The number of nitrogens with one attached hydrogen (secondary N) is 2. The number of halogens is 3. The molecule has 0 unspecified atom stereocenters. The standard InChI is InChI=1S/C19H19F3N2O2S/c1-2-27-10-9-17(25)23-15-7-3-5-13(11-15)18(26)24-16-8-4-6-14(12-16)19(20,21)22/h3-8,11-12H,2,9-10H2,1H3,(H,23,25)(H,24,26). The summed E-state index contributed by atoms with van der Waals surface area (Å²) in [5.41, 5.74) is -0.113. The average Bonchev–Trinajstić information content (AvgIpc) is 2.61. The molecule has 8 heteroatoms. The minimum atomic E-state index is -4.49. The molecule has 144 valence electrons. The Balaban J connectivity index is 2.04. The van der Waals surface area contributed by atoms with E-state index >= 15 is 0 Å². The van der Waals surface area contributed by atoms with Crippen LogP contribution in [0.15, 0.2) is 48.5 Å². The first kappa shape index (κ1) is 20.8. The molecule has 0 atom stereocenters. The Hall–Kier alpha value is -2.48. The maximum absolute atomic E-state index is 12.8. The predicted molar refractivity (Wildman–Crippen MR) is 102 cm³/mol. The Morgan fingerprint density at radius 3 is 2.33 bits per heavy atom. The molecule has 2 aromatic rings. The highest BCUT2D eigenvalue weighted by Crippen LogP contribution is 2.30. The first-order valence-corrected chi connectivity index (χ1v) is 9.41. The fourth-order valence-corrected chi connectivity index (χ4v) is 2.87. The maximum Gasteiger partial charge on any atom is 0.416 e. The molecule has 2 rings (SSSR count). The minimum Gasteiger partial charge on any atom is -0.326 e. The van der Waals surface area contributed by atoms with Crippen LogP contribution in [0.1, 0.15) is 29.3 Å². The van der Waals surface area contributed by atoms with Gasteiger partial charge in [-0.15, -0.1) is 0 Å². The first-order valence-electron chi connectivity index (χ1n) is 8.26. The molecule has 0 spiro atoms. The van der Waals surface area contributed by atoms with E-state index in [9.17, 15) is 22.8 Å². The summed E-state index contributed by atoms with van der Waals surface area (Å²) in [5, 5.41) is 5.15. The van der Waals surface area contributed by atoms with Crippen molar-refractivity contribution in [3.8, 4) is 0 Å². The number of hydrogen-bond acceptors (Lipinski definition) is 3. The Labute approximate surface area is 159 Å². The van der Waals surface area contributed by atoms with Gasteiger partial charge < -0.3 is 10.6 Å². The van der Waals surface area contributed by atoms with Crippen molar-refractivity contribution in [1.29, 1.82) is 0 Å². The fourth-order valence-electron chi connectivity index (χ4n) is 2.25. The lowest BCUT2D eigenvalue weighted by atomic mass is 10.1. The highest BCUT2D eigenvalue weighted by Gasteiger charge is 2.30. The summed E-state index contributed by atoms with van der Waals surface area (Å²) >= 11 is 1.65. The van der Waals surface area contributed by atoms with Crippen molar-refractivity contribution in [2.75, 3.05) is 22.1 Å². The van der Waals surface area contributed by atoms with Gasteiger partial charge in [0.05, 0.1) is 5.56 Å². The van der Waals surface area contributed by atoms with Gasteiger partial charge in [0.15, 0.2) is 0 Å². The molecule has 0 aliphatic heterocycles. The van der Waals surface area contributed by atoms with Gasteiger partial charge in [-0.25, -0.2) is 0 Å². The minimum absolute atomic E-state index is 0.0425. The van der Waals surface area contributed by atoms with Crippen LogP contribution in [0.2, 0.25) is 0 Å². The monoisotopic (exact) mass is 396 g/mol. The van der Waals surface area contributed by atoms with Crippen LogP contribution in [0.3, 0.4) is 0 Å². The molecule has 0 saturated carbocycles. The van der Waals surface area contributed by atoms with Crippen molar-refractivity contribution in [1.82, 2.24) is 0 Å². The fraction of sp³-hybridized carbons (Fsp3) is 0.263. The molecule has 0 fully saturated rings. The zero-order valence-corrected chi connectivity index (χ0v) is 15.4. The van der Waals surface area contributed by atoms with Crippen molar-refractivity contribution < 1.29 is 22.8 Å². The van der Waals surface area contributed by atoms with Gasteiger partial charge in [0, 0.05) is 29.1 Å². The highest BCUT2D eigenvalue weighted by atomic mass is 32.2. The van der Waals surface area contributed by atoms with Crippen LogP contribution in [0, 0.1) is 0 Å². The molecular formula is C19H19F3N2O2S. The van der Waals surface area contributed by atoms with Crippen molar-refractivity contribution >= 4 is 35.0 Å². The van der Waals surface area contributed by atoms with Gasteiger partial charge in [-0.05, 0) is 42.2 Å². The quantitative estimate of drug-likeness (QED) is 0.645. The number of anilines is 2. The predicted octanol–water partition coefficient (Wildman–Crippen LogP) is 5.04. The van der Waals surface area contributed by atoms with E-state index in [-0.39, 0.29) is 17.2 Å². The number of amides is 2. The lowest BCUT2D eigenvalue weighted by molar-refractivity contribution is -0.137. The van der Waals surface area contributed by atoms with Crippen molar-refractivity contribution in [2.45, 2.75) is 19.5 Å². The number of rotatable bonds is 7. The molecule has 2 amide bonds. The second-order valence-electron chi connectivity index (χ2n) is 5.61. The summed E-state index contributed by atoms with van der Waals surface area (Å²) in [6.45, 7) is 2.01. The summed E-state index contributed by atoms with van der Waals surface area (Å²) in [6.07, 6.45) is -4.12. The Bertz CT molecular complexity index is 810. The van der Waals surface area contributed by atoms with Gasteiger partial charge >= 0.3 is 6.18 Å². The number of hydrogen-bond donors (Lipinski definition) is 2. The van der Waals surface area contributed by atoms with Gasteiger partial charge in [0.25, 0.3) is 5.91 Å². The first-order chi connectivity index (χ1) is 12.8. The molecule has 0 aliphatic carbocycles. The Morgan fingerprint density at radius 2 is 1.67 bits per heavy atom. The summed E-state index contributed by atoms with van der Waals surface area (Å²) in [6, 6.07) is 10.6. The second-order valence-corrected chi connectivity index (χ2v) is 7.00. The van der Waals surface area contributed by atoms with Crippen molar-refractivity contribution in [3.63, 3.8) is 0 Å². The van der Waals surface area contributed by atoms with Crippen LogP contribution in [0.4, 0.5) is 24.5 Å². The van der Waals surface area contributed by atoms with Gasteiger partial charge in [-0.3, -0.25) is 9.59 Å². The van der Waals surface area contributed by atoms with Crippen LogP contribution in [-0.4, -0.2) is 23.3 Å². The van der Waals surface area contributed by atoms with Crippen LogP contribution < -0.4 is 10.6 Å². The molecule has 0 saturated heterocycles. The van der Waals surface area contributed by atoms with E-state index in [1.807, 2.05) is 6.92 Å². The van der Waals surface area contributed by atoms with Crippen LogP contribution in [0.5, 0.6) is 0 Å². The summed E-state index contributed by atoms with van der Waals surface area (Å²) < 4.78 is 38.3. The second kappa shape index (κ2) is 9.45. The normalized spacial score (nSPS) is 11.1. The van der Waals surface area contributed by atoms with E-state index in [2.05, 4.69) is 10.6 Å². The van der Waals surface area contributed by atoms with E-state index in [0.29, 0.717) is 17.9 Å². The molecule has 2 N–H and O–H groups in total. The lowest BCUT2D eigenvalue weighted by Gasteiger charge is -2.11. The van der Waals surface area contributed by atoms with Crippen molar-refractivity contribution in [3.05, 3.63) is 59.7 Å². The molecule has 27 heavy (non-hydrogen) atoms. The molecule has 0 bridgehead atoms. The number of benzene rings is 2. The topological polar surface area (TPSA) is 58.2 Å². The molecule has 0 aliphatic rings. The molecule has 0 aromatic heterocycles. The number of carbonyl (C=O) groups excluding carboxylic acids is 2. The van der Waals surface area contributed by atoms with Crippen LogP contribution in [-0.2, 0) is 11.0 Å². The molecular weight excluding hydrogens is 377 g/mol. The lowest BCUT2D eigenvalue weighted by Crippen LogP contribution is -2.15. The Morgan fingerprint density at radius 1 is 1.00 bits per heavy atom. The Kier molecular flexibility index (Phi) is 7.29. The molecule has 2 aromatic carbocycles. The molecule has 0 heterocycles. The number of carbonyl (C=O) groups is 2. The molecule has 0 radical (unpaired) electrons. The van der Waals surface area contributed by atoms with Crippen molar-refractivity contribution in [2.24, 2.45) is 0 Å². The zero-order valence-electron chi connectivity index (χ0n) is 14.6.